The van der Waals surface area contributed by atoms with Crippen molar-refractivity contribution in [1.29, 1.82) is 0 Å². The van der Waals surface area contributed by atoms with E-state index in [4.69, 9.17) is 9.84 Å². The highest BCUT2D eigenvalue weighted by atomic mass is 16.5. The standard InChI is InChI=1S/C11H17NO4/c1-8(2)5-10(13)12-3-4-16-9(7-12)6-11(14)15/h5,9H,3-4,6-7H2,1-2H3,(H,14,15). The van der Waals surface area contributed by atoms with E-state index in [2.05, 4.69) is 0 Å². The number of aliphatic carboxylic acids is 1. The minimum Gasteiger partial charge on any atom is -0.481 e. The van der Waals surface area contributed by atoms with Gasteiger partial charge in [0.1, 0.15) is 0 Å². The normalized spacial score (nSPS) is 20.4. The lowest BCUT2D eigenvalue weighted by Crippen LogP contribution is -2.45. The van der Waals surface area contributed by atoms with E-state index in [9.17, 15) is 9.59 Å². The first-order valence-corrected chi connectivity index (χ1v) is 5.26. The molecule has 0 radical (unpaired) electrons. The van der Waals surface area contributed by atoms with Gasteiger partial charge in [0.15, 0.2) is 0 Å². The third-order valence-corrected chi connectivity index (χ3v) is 2.26. The maximum atomic E-state index is 11.7. The van der Waals surface area contributed by atoms with Gasteiger partial charge in [0.25, 0.3) is 0 Å². The number of carboxylic acid groups (broad SMARTS) is 1. The highest BCUT2D eigenvalue weighted by Gasteiger charge is 2.24. The first kappa shape index (κ1) is 12.7. The zero-order valence-corrected chi connectivity index (χ0v) is 9.60. The predicted molar refractivity (Wildman–Crippen MR) is 58.0 cm³/mol. The van der Waals surface area contributed by atoms with Crippen LogP contribution < -0.4 is 0 Å². The van der Waals surface area contributed by atoms with Crippen molar-refractivity contribution in [2.75, 3.05) is 19.7 Å². The van der Waals surface area contributed by atoms with Crippen molar-refractivity contribution in [3.8, 4) is 0 Å². The fraction of sp³-hybridized carbons (Fsp3) is 0.636. The van der Waals surface area contributed by atoms with Gasteiger partial charge < -0.3 is 14.7 Å². The lowest BCUT2D eigenvalue weighted by Gasteiger charge is -2.31. The zero-order chi connectivity index (χ0) is 12.1. The number of nitrogens with zero attached hydrogens (tertiary/aromatic N) is 1. The lowest BCUT2D eigenvalue weighted by molar-refractivity contribution is -0.145. The second-order valence-corrected chi connectivity index (χ2v) is 4.10. The first-order chi connectivity index (χ1) is 7.49. The van der Waals surface area contributed by atoms with Crippen LogP contribution in [-0.2, 0) is 14.3 Å². The predicted octanol–water partition coefficient (Wildman–Crippen LogP) is 0.655. The average Bonchev–Trinajstić information content (AvgIpc) is 2.16. The van der Waals surface area contributed by atoms with Crippen molar-refractivity contribution in [2.24, 2.45) is 0 Å². The number of morpholine rings is 1. The van der Waals surface area contributed by atoms with Gasteiger partial charge in [-0.2, -0.15) is 0 Å². The molecule has 1 atom stereocenters. The Morgan fingerprint density at radius 2 is 2.19 bits per heavy atom. The number of carbonyl (C=O) groups is 2. The quantitative estimate of drug-likeness (QED) is 0.719. The molecule has 16 heavy (non-hydrogen) atoms. The fourth-order valence-corrected chi connectivity index (χ4v) is 1.58. The third kappa shape index (κ3) is 4.02. The molecule has 1 unspecified atom stereocenters. The molecule has 1 aliphatic heterocycles. The van der Waals surface area contributed by atoms with E-state index in [1.807, 2.05) is 13.8 Å². The molecule has 0 spiro atoms. The van der Waals surface area contributed by atoms with Gasteiger partial charge in [-0.15, -0.1) is 0 Å². The van der Waals surface area contributed by atoms with E-state index in [1.54, 1.807) is 11.0 Å². The monoisotopic (exact) mass is 227 g/mol. The molecule has 1 heterocycles. The maximum Gasteiger partial charge on any atom is 0.306 e. The number of carboxylic acids is 1. The van der Waals surface area contributed by atoms with Gasteiger partial charge in [0.2, 0.25) is 5.91 Å². The summed E-state index contributed by atoms with van der Waals surface area (Å²) in [5.41, 5.74) is 0.936. The molecule has 0 saturated carbocycles. The van der Waals surface area contributed by atoms with Gasteiger partial charge in [-0.05, 0) is 13.8 Å². The SMILES string of the molecule is CC(C)=CC(=O)N1CCOC(CC(=O)O)C1. The molecule has 5 heteroatoms. The number of rotatable bonds is 3. The molecule has 0 aromatic carbocycles. The molecule has 1 N–H and O–H groups in total. The summed E-state index contributed by atoms with van der Waals surface area (Å²) in [7, 11) is 0. The number of allylic oxidation sites excluding steroid dienone is 1. The minimum atomic E-state index is -0.901. The molecule has 1 saturated heterocycles. The Balaban J connectivity index is 2.53. The Kier molecular flexibility index (Phi) is 4.49. The molecule has 0 aromatic rings. The smallest absolute Gasteiger partial charge is 0.306 e. The summed E-state index contributed by atoms with van der Waals surface area (Å²) in [6.07, 6.45) is 1.11. The van der Waals surface area contributed by atoms with E-state index in [0.29, 0.717) is 19.7 Å². The van der Waals surface area contributed by atoms with Crippen LogP contribution in [-0.4, -0.2) is 47.7 Å². The molecule has 5 nitrogen and oxygen atoms in total. The van der Waals surface area contributed by atoms with E-state index in [0.717, 1.165) is 5.57 Å². The Morgan fingerprint density at radius 1 is 1.50 bits per heavy atom. The van der Waals surface area contributed by atoms with Gasteiger partial charge in [-0.3, -0.25) is 9.59 Å². The van der Waals surface area contributed by atoms with Crippen LogP contribution in [0.3, 0.4) is 0 Å². The van der Waals surface area contributed by atoms with Crippen LogP contribution in [0.25, 0.3) is 0 Å². The van der Waals surface area contributed by atoms with Crippen LogP contribution >= 0.6 is 0 Å². The molecular formula is C11H17NO4. The summed E-state index contributed by atoms with van der Waals surface area (Å²) in [5, 5.41) is 8.64. The van der Waals surface area contributed by atoms with E-state index in [1.165, 1.54) is 0 Å². The van der Waals surface area contributed by atoms with E-state index < -0.39 is 5.97 Å². The number of hydrogen-bond donors (Lipinski definition) is 1. The summed E-state index contributed by atoms with van der Waals surface area (Å²) in [5.74, 6) is -0.972. The van der Waals surface area contributed by atoms with Crippen molar-refractivity contribution < 1.29 is 19.4 Å². The molecule has 1 aliphatic rings. The summed E-state index contributed by atoms with van der Waals surface area (Å²) in [6, 6.07) is 0. The number of amides is 1. The van der Waals surface area contributed by atoms with Crippen molar-refractivity contribution in [3.05, 3.63) is 11.6 Å². The van der Waals surface area contributed by atoms with E-state index in [-0.39, 0.29) is 18.4 Å². The molecule has 0 aliphatic carbocycles. The minimum absolute atomic E-state index is 0.0569. The molecule has 0 aromatic heterocycles. The number of carbonyl (C=O) groups excluding carboxylic acids is 1. The summed E-state index contributed by atoms with van der Waals surface area (Å²) < 4.78 is 5.28. The lowest BCUT2D eigenvalue weighted by atomic mass is 10.2. The molecule has 1 amide bonds. The summed E-state index contributed by atoms with van der Waals surface area (Å²) >= 11 is 0. The largest absolute Gasteiger partial charge is 0.481 e. The Bertz CT molecular complexity index is 307. The van der Waals surface area contributed by atoms with Crippen LogP contribution in [0.2, 0.25) is 0 Å². The van der Waals surface area contributed by atoms with Crippen molar-refractivity contribution >= 4 is 11.9 Å². The first-order valence-electron chi connectivity index (χ1n) is 5.26. The van der Waals surface area contributed by atoms with E-state index >= 15 is 0 Å². The van der Waals surface area contributed by atoms with Gasteiger partial charge in [-0.1, -0.05) is 5.57 Å². The van der Waals surface area contributed by atoms with Crippen LogP contribution in [0.1, 0.15) is 20.3 Å². The topological polar surface area (TPSA) is 66.8 Å². The maximum absolute atomic E-state index is 11.7. The van der Waals surface area contributed by atoms with Crippen LogP contribution in [0.5, 0.6) is 0 Å². The molecule has 1 rings (SSSR count). The van der Waals surface area contributed by atoms with Gasteiger partial charge in [0.05, 0.1) is 19.1 Å². The molecular weight excluding hydrogens is 210 g/mol. The highest BCUT2D eigenvalue weighted by Crippen LogP contribution is 2.09. The molecule has 1 fully saturated rings. The van der Waals surface area contributed by atoms with Gasteiger partial charge in [0, 0.05) is 19.2 Å². The third-order valence-electron chi connectivity index (χ3n) is 2.26. The average molecular weight is 227 g/mol. The second-order valence-electron chi connectivity index (χ2n) is 4.10. The van der Waals surface area contributed by atoms with Crippen molar-refractivity contribution in [3.63, 3.8) is 0 Å². The summed E-state index contributed by atoms with van der Waals surface area (Å²) in [4.78, 5) is 23.8. The zero-order valence-electron chi connectivity index (χ0n) is 9.60. The second kappa shape index (κ2) is 5.65. The Hall–Kier alpha value is -1.36. The Morgan fingerprint density at radius 3 is 2.75 bits per heavy atom. The molecule has 0 bridgehead atoms. The summed E-state index contributed by atoms with van der Waals surface area (Å²) in [6.45, 7) is 4.99. The number of hydrogen-bond acceptors (Lipinski definition) is 3. The fourth-order valence-electron chi connectivity index (χ4n) is 1.58. The van der Waals surface area contributed by atoms with Crippen LogP contribution in [0, 0.1) is 0 Å². The van der Waals surface area contributed by atoms with Gasteiger partial charge >= 0.3 is 5.97 Å². The highest BCUT2D eigenvalue weighted by molar-refractivity contribution is 5.88. The number of ether oxygens (including phenoxy) is 1. The van der Waals surface area contributed by atoms with Crippen LogP contribution in [0.15, 0.2) is 11.6 Å². The van der Waals surface area contributed by atoms with Crippen molar-refractivity contribution in [2.45, 2.75) is 26.4 Å². The van der Waals surface area contributed by atoms with Crippen molar-refractivity contribution in [1.82, 2.24) is 4.90 Å². The Labute approximate surface area is 94.7 Å². The molecule has 90 valence electrons. The van der Waals surface area contributed by atoms with Gasteiger partial charge in [-0.25, -0.2) is 0 Å². The van der Waals surface area contributed by atoms with Crippen LogP contribution in [0.4, 0.5) is 0 Å².